The highest BCUT2D eigenvalue weighted by atomic mass is 32.2. The molecule has 2 N–H and O–H groups in total. The predicted molar refractivity (Wildman–Crippen MR) is 151 cm³/mol. The van der Waals surface area contributed by atoms with E-state index in [9.17, 15) is 18.0 Å². The number of nitrogens with zero attached hydrogens (tertiary/aromatic N) is 5. The molecule has 0 aliphatic rings. The molecule has 40 heavy (non-hydrogen) atoms. The van der Waals surface area contributed by atoms with Crippen molar-refractivity contribution in [1.82, 2.24) is 34.0 Å². The molecule has 12 heteroatoms. The summed E-state index contributed by atoms with van der Waals surface area (Å²) in [5, 5.41) is 3.24. The van der Waals surface area contributed by atoms with Crippen LogP contribution in [0.2, 0.25) is 0 Å². The lowest BCUT2D eigenvalue weighted by Gasteiger charge is -2.20. The molecule has 0 bridgehead atoms. The number of imidazole rings is 1. The molecule has 0 radical (unpaired) electrons. The highest BCUT2D eigenvalue weighted by Crippen LogP contribution is 2.21. The van der Waals surface area contributed by atoms with Gasteiger partial charge in [0.2, 0.25) is 10.0 Å². The monoisotopic (exact) mass is 555 g/mol. The van der Waals surface area contributed by atoms with Crippen molar-refractivity contribution in [3.05, 3.63) is 100 Å². The van der Waals surface area contributed by atoms with Crippen LogP contribution in [-0.2, 0) is 10.0 Å². The Hall–Kier alpha value is -4.86. The molecule has 1 atom stereocenters. The fourth-order valence-electron chi connectivity index (χ4n) is 4.35. The lowest BCUT2D eigenvalue weighted by molar-refractivity contribution is 0.0938. The number of aromatic nitrogens is 5. The van der Waals surface area contributed by atoms with Gasteiger partial charge in [-0.1, -0.05) is 36.1 Å². The summed E-state index contributed by atoms with van der Waals surface area (Å²) in [4.78, 5) is 40.9. The number of benzene rings is 2. The van der Waals surface area contributed by atoms with Crippen molar-refractivity contribution in [2.24, 2.45) is 0 Å². The van der Waals surface area contributed by atoms with Gasteiger partial charge in [-0.05, 0) is 38.1 Å². The zero-order valence-electron chi connectivity index (χ0n) is 21.9. The van der Waals surface area contributed by atoms with Crippen LogP contribution in [0.25, 0.3) is 22.2 Å². The maximum atomic E-state index is 14.0. The third kappa shape index (κ3) is 5.33. The van der Waals surface area contributed by atoms with E-state index in [4.69, 9.17) is 4.98 Å². The number of hydrogen-bond donors (Lipinski definition) is 2. The standard InChI is InChI=1S/C28H25N7O4S/c1-18-23(26-29-15-16-34(26)17-30-18)27(36)32-19(2)25-33-22-13-7-9-20(10-8-14-31-40(3,38)39)24(22)28(37)35(25)21-11-5-4-6-12-21/h4-7,9,11-13,15-17,19,31H,14H2,1-3H3,(H,32,36). The molecule has 2 aromatic carbocycles. The Bertz CT molecular complexity index is 1990. The molecule has 1 amide bonds. The first-order valence-corrected chi connectivity index (χ1v) is 14.2. The van der Waals surface area contributed by atoms with Crippen molar-refractivity contribution < 1.29 is 13.2 Å². The van der Waals surface area contributed by atoms with Crippen LogP contribution in [0.5, 0.6) is 0 Å². The number of fused-ring (bicyclic) bond motifs is 2. The predicted octanol–water partition coefficient (Wildman–Crippen LogP) is 2.13. The summed E-state index contributed by atoms with van der Waals surface area (Å²) in [6.07, 6.45) is 5.93. The van der Waals surface area contributed by atoms with Crippen molar-refractivity contribution >= 4 is 32.5 Å². The van der Waals surface area contributed by atoms with Crippen molar-refractivity contribution in [1.29, 1.82) is 0 Å². The molecule has 0 aliphatic heterocycles. The van der Waals surface area contributed by atoms with Gasteiger partial charge in [0.15, 0.2) is 5.65 Å². The molecule has 0 fully saturated rings. The Labute approximate surface area is 230 Å². The number of nitrogens with one attached hydrogen (secondary N) is 2. The molecule has 11 nitrogen and oxygen atoms in total. The first-order chi connectivity index (χ1) is 19.1. The van der Waals surface area contributed by atoms with E-state index in [1.54, 1.807) is 79.4 Å². The van der Waals surface area contributed by atoms with E-state index in [-0.39, 0.29) is 17.5 Å². The normalized spacial score (nSPS) is 12.2. The average Bonchev–Trinajstić information content (AvgIpc) is 3.39. The first-order valence-electron chi connectivity index (χ1n) is 12.3. The molecule has 3 aromatic heterocycles. The zero-order valence-corrected chi connectivity index (χ0v) is 22.7. The van der Waals surface area contributed by atoms with Crippen LogP contribution in [0.3, 0.4) is 0 Å². The van der Waals surface area contributed by atoms with Gasteiger partial charge >= 0.3 is 0 Å². The number of rotatable bonds is 6. The quantitative estimate of drug-likeness (QED) is 0.306. The summed E-state index contributed by atoms with van der Waals surface area (Å²) < 4.78 is 28.2. The Morgan fingerprint density at radius 3 is 2.62 bits per heavy atom. The van der Waals surface area contributed by atoms with E-state index in [1.807, 2.05) is 6.07 Å². The van der Waals surface area contributed by atoms with Crippen LogP contribution in [0.15, 0.2) is 72.0 Å². The van der Waals surface area contributed by atoms with Gasteiger partial charge in [-0.25, -0.2) is 28.1 Å². The highest BCUT2D eigenvalue weighted by Gasteiger charge is 2.23. The molecule has 0 spiro atoms. The van der Waals surface area contributed by atoms with Gasteiger partial charge in [0.25, 0.3) is 11.5 Å². The first kappa shape index (κ1) is 26.7. The minimum absolute atomic E-state index is 0.103. The van der Waals surface area contributed by atoms with Crippen LogP contribution in [0.4, 0.5) is 0 Å². The minimum atomic E-state index is -3.40. The number of para-hydroxylation sites is 1. The second-order valence-corrected chi connectivity index (χ2v) is 10.9. The smallest absolute Gasteiger partial charge is 0.267 e. The molecular weight excluding hydrogens is 530 g/mol. The Morgan fingerprint density at radius 1 is 1.10 bits per heavy atom. The van der Waals surface area contributed by atoms with E-state index in [2.05, 4.69) is 31.8 Å². The Balaban J connectivity index is 1.61. The van der Waals surface area contributed by atoms with Crippen LogP contribution >= 0.6 is 0 Å². The minimum Gasteiger partial charge on any atom is -0.342 e. The highest BCUT2D eigenvalue weighted by molar-refractivity contribution is 7.88. The maximum absolute atomic E-state index is 14.0. The average molecular weight is 556 g/mol. The van der Waals surface area contributed by atoms with Crippen LogP contribution in [0, 0.1) is 18.8 Å². The van der Waals surface area contributed by atoms with E-state index in [0.717, 1.165) is 6.26 Å². The molecular formula is C28H25N7O4S. The third-order valence-electron chi connectivity index (χ3n) is 6.18. The van der Waals surface area contributed by atoms with Crippen molar-refractivity contribution in [3.8, 4) is 17.5 Å². The summed E-state index contributed by atoms with van der Waals surface area (Å²) >= 11 is 0. The fraction of sp³-hybridized carbons (Fsp3) is 0.179. The van der Waals surface area contributed by atoms with Gasteiger partial charge in [0, 0.05) is 18.0 Å². The van der Waals surface area contributed by atoms with Crippen molar-refractivity contribution in [2.45, 2.75) is 19.9 Å². The number of hydrogen-bond acceptors (Lipinski definition) is 7. The Kier molecular flexibility index (Phi) is 7.17. The van der Waals surface area contributed by atoms with Gasteiger partial charge in [-0.2, -0.15) is 0 Å². The number of amides is 1. The largest absolute Gasteiger partial charge is 0.342 e. The van der Waals surface area contributed by atoms with E-state index in [1.165, 1.54) is 4.57 Å². The summed E-state index contributed by atoms with van der Waals surface area (Å²) in [7, 11) is -3.40. The number of sulfonamides is 1. The van der Waals surface area contributed by atoms with Gasteiger partial charge in [0.05, 0.1) is 41.1 Å². The second-order valence-electron chi connectivity index (χ2n) is 9.10. The summed E-state index contributed by atoms with van der Waals surface area (Å²) in [6.45, 7) is 3.38. The molecule has 0 aliphatic carbocycles. The fourth-order valence-corrected chi connectivity index (χ4v) is 4.68. The van der Waals surface area contributed by atoms with Gasteiger partial charge < -0.3 is 5.32 Å². The SMILES string of the molecule is Cc1ncn2ccnc2c1C(=O)NC(C)c1nc2cccc(C#CCNS(C)(=O)=O)c2c(=O)n1-c1ccccc1. The number of carbonyl (C=O) groups excluding carboxylic acids is 1. The molecule has 3 heterocycles. The lowest BCUT2D eigenvalue weighted by Crippen LogP contribution is -2.34. The zero-order chi connectivity index (χ0) is 28.4. The van der Waals surface area contributed by atoms with Crippen LogP contribution in [-0.4, -0.2) is 51.0 Å². The molecule has 202 valence electrons. The lowest BCUT2D eigenvalue weighted by atomic mass is 10.1. The van der Waals surface area contributed by atoms with E-state index < -0.39 is 22.0 Å². The number of carbonyl (C=O) groups is 1. The van der Waals surface area contributed by atoms with Crippen LogP contribution in [0.1, 0.15) is 40.4 Å². The molecule has 0 saturated carbocycles. The van der Waals surface area contributed by atoms with E-state index >= 15 is 0 Å². The maximum Gasteiger partial charge on any atom is 0.267 e. The van der Waals surface area contributed by atoms with Crippen molar-refractivity contribution in [3.63, 3.8) is 0 Å². The number of aryl methyl sites for hydroxylation is 1. The van der Waals surface area contributed by atoms with Gasteiger partial charge in [0.1, 0.15) is 17.7 Å². The third-order valence-corrected chi connectivity index (χ3v) is 6.84. The molecule has 0 saturated heterocycles. The summed E-state index contributed by atoms with van der Waals surface area (Å²) in [5.74, 6) is 5.56. The molecule has 5 aromatic rings. The van der Waals surface area contributed by atoms with Crippen LogP contribution < -0.4 is 15.6 Å². The van der Waals surface area contributed by atoms with Gasteiger partial charge in [-0.3, -0.25) is 18.6 Å². The topological polar surface area (TPSA) is 140 Å². The summed E-state index contributed by atoms with van der Waals surface area (Å²) in [5.41, 5.74) is 2.31. The molecule has 1 unspecified atom stereocenters. The van der Waals surface area contributed by atoms with E-state index in [0.29, 0.717) is 39.5 Å². The molecule has 5 rings (SSSR count). The van der Waals surface area contributed by atoms with Gasteiger partial charge in [-0.15, -0.1) is 0 Å². The second kappa shape index (κ2) is 10.7. The van der Waals surface area contributed by atoms with Crippen molar-refractivity contribution in [2.75, 3.05) is 12.8 Å². The summed E-state index contributed by atoms with van der Waals surface area (Å²) in [6, 6.07) is 13.4. The Morgan fingerprint density at radius 2 is 1.88 bits per heavy atom.